The molecule has 0 aromatic carbocycles. The first-order chi connectivity index (χ1) is 9.78. The van der Waals surface area contributed by atoms with E-state index in [0.29, 0.717) is 0 Å². The summed E-state index contributed by atoms with van der Waals surface area (Å²) in [5.41, 5.74) is 4.69. The van der Waals surface area contributed by atoms with Crippen molar-refractivity contribution in [2.24, 2.45) is 5.84 Å². The molecule has 1 saturated heterocycles. The fraction of sp³-hybridized carbons (Fsp3) is 0.733. The van der Waals surface area contributed by atoms with Crippen LogP contribution in [-0.2, 0) is 4.74 Å². The second kappa shape index (κ2) is 6.12. The van der Waals surface area contributed by atoms with Gasteiger partial charge in [-0.1, -0.05) is 12.8 Å². The van der Waals surface area contributed by atoms with Crippen LogP contribution < -0.4 is 11.3 Å². The Labute approximate surface area is 125 Å². The molecule has 1 saturated carbocycles. The van der Waals surface area contributed by atoms with Gasteiger partial charge >= 0.3 is 0 Å². The first kappa shape index (κ1) is 14.5. The quantitative estimate of drug-likeness (QED) is 0.660. The van der Waals surface area contributed by atoms with Crippen molar-refractivity contribution in [2.45, 2.75) is 44.2 Å². The summed E-state index contributed by atoms with van der Waals surface area (Å²) in [4.78, 5) is 4.04. The molecule has 1 aromatic rings. The molecule has 1 aromatic heterocycles. The molecular weight excluding hydrogens is 270 g/mol. The molecule has 3 N–H and O–H groups in total. The number of hydrazine groups is 1. The van der Waals surface area contributed by atoms with Crippen molar-refractivity contribution in [3.05, 3.63) is 21.9 Å². The third kappa shape index (κ3) is 2.42. The fourth-order valence-electron chi connectivity index (χ4n) is 3.94. The van der Waals surface area contributed by atoms with Gasteiger partial charge in [0.1, 0.15) is 0 Å². The number of aryl methyl sites for hydroxylation is 1. The molecule has 3 rings (SSSR count). The summed E-state index contributed by atoms with van der Waals surface area (Å²) in [5.74, 6) is 6.00. The van der Waals surface area contributed by atoms with Gasteiger partial charge < -0.3 is 4.74 Å². The number of ether oxygens (including phenoxy) is 1. The monoisotopic (exact) mass is 295 g/mol. The van der Waals surface area contributed by atoms with Crippen molar-refractivity contribution in [1.29, 1.82) is 0 Å². The normalized spacial score (nSPS) is 24.9. The Kier molecular flexibility index (Phi) is 4.43. The fourth-order valence-corrected chi connectivity index (χ4v) is 5.03. The van der Waals surface area contributed by atoms with Crippen LogP contribution in [0.25, 0.3) is 0 Å². The molecule has 2 fully saturated rings. The Morgan fingerprint density at radius 2 is 2.05 bits per heavy atom. The van der Waals surface area contributed by atoms with Crippen molar-refractivity contribution >= 4 is 11.3 Å². The van der Waals surface area contributed by atoms with Gasteiger partial charge in [-0.25, -0.2) is 0 Å². The third-order valence-corrected chi connectivity index (χ3v) is 6.06. The smallest absolute Gasteiger partial charge is 0.0739 e. The maximum atomic E-state index is 6.00. The number of nitrogens with two attached hydrogens (primary N) is 1. The summed E-state index contributed by atoms with van der Waals surface area (Å²) in [7, 11) is 0. The molecule has 0 radical (unpaired) electrons. The predicted molar refractivity (Wildman–Crippen MR) is 82.7 cm³/mol. The molecule has 1 aliphatic heterocycles. The third-order valence-electron chi connectivity index (χ3n) is 4.98. The van der Waals surface area contributed by atoms with Gasteiger partial charge in [0, 0.05) is 23.5 Å². The summed E-state index contributed by atoms with van der Waals surface area (Å²) in [6.45, 7) is 5.95. The van der Waals surface area contributed by atoms with Crippen LogP contribution in [0, 0.1) is 6.92 Å². The summed E-state index contributed by atoms with van der Waals surface area (Å²) >= 11 is 1.83. The maximum Gasteiger partial charge on any atom is 0.0739 e. The molecule has 5 heteroatoms. The Morgan fingerprint density at radius 3 is 2.60 bits per heavy atom. The van der Waals surface area contributed by atoms with Gasteiger partial charge in [0.25, 0.3) is 0 Å². The van der Waals surface area contributed by atoms with Gasteiger partial charge in [0.15, 0.2) is 0 Å². The van der Waals surface area contributed by atoms with Crippen molar-refractivity contribution in [3.8, 4) is 0 Å². The van der Waals surface area contributed by atoms with Crippen LogP contribution in [-0.4, -0.2) is 36.7 Å². The van der Waals surface area contributed by atoms with Gasteiger partial charge in [-0.05, 0) is 36.8 Å². The van der Waals surface area contributed by atoms with Crippen LogP contribution in [0.5, 0.6) is 0 Å². The lowest BCUT2D eigenvalue weighted by molar-refractivity contribution is -0.0360. The second-order valence-electron chi connectivity index (χ2n) is 5.98. The molecule has 2 aliphatic rings. The Bertz CT molecular complexity index is 436. The van der Waals surface area contributed by atoms with E-state index in [2.05, 4.69) is 28.7 Å². The zero-order valence-electron chi connectivity index (χ0n) is 12.2. The van der Waals surface area contributed by atoms with Gasteiger partial charge in [0.05, 0.1) is 19.3 Å². The van der Waals surface area contributed by atoms with E-state index in [1.807, 2.05) is 11.3 Å². The lowest BCUT2D eigenvalue weighted by atomic mass is 9.84. The topological polar surface area (TPSA) is 50.5 Å². The molecule has 4 nitrogen and oxygen atoms in total. The summed E-state index contributed by atoms with van der Waals surface area (Å²) in [6, 6.07) is 2.44. The number of rotatable bonds is 4. The van der Waals surface area contributed by atoms with E-state index in [1.54, 1.807) is 0 Å². The number of hydrogen-bond donors (Lipinski definition) is 2. The highest BCUT2D eigenvalue weighted by molar-refractivity contribution is 7.10. The van der Waals surface area contributed by atoms with Crippen molar-refractivity contribution < 1.29 is 4.74 Å². The number of hydrogen-bond acceptors (Lipinski definition) is 5. The molecule has 1 atom stereocenters. The van der Waals surface area contributed by atoms with Gasteiger partial charge in [-0.3, -0.25) is 16.2 Å². The first-order valence-corrected chi connectivity index (χ1v) is 8.49. The van der Waals surface area contributed by atoms with Crippen LogP contribution in [0.2, 0.25) is 0 Å². The molecular formula is C15H25N3OS. The lowest BCUT2D eigenvalue weighted by Gasteiger charge is -2.48. The van der Waals surface area contributed by atoms with Gasteiger partial charge in [-0.2, -0.15) is 0 Å². The zero-order valence-corrected chi connectivity index (χ0v) is 13.0. The highest BCUT2D eigenvalue weighted by Crippen LogP contribution is 2.46. The first-order valence-electron chi connectivity index (χ1n) is 7.61. The lowest BCUT2D eigenvalue weighted by Crippen LogP contribution is -2.59. The highest BCUT2D eigenvalue weighted by atomic mass is 32.1. The van der Waals surface area contributed by atoms with Crippen LogP contribution in [0.1, 0.15) is 42.2 Å². The van der Waals surface area contributed by atoms with E-state index in [0.717, 1.165) is 26.3 Å². The zero-order chi connectivity index (χ0) is 14.0. The number of nitrogens with one attached hydrogen (secondary N) is 1. The molecule has 0 bridgehead atoms. The van der Waals surface area contributed by atoms with E-state index >= 15 is 0 Å². The number of thiophene rings is 1. The Hall–Kier alpha value is -0.460. The maximum absolute atomic E-state index is 6.00. The van der Waals surface area contributed by atoms with Crippen LogP contribution >= 0.6 is 11.3 Å². The number of nitrogens with zero attached hydrogens (tertiary/aromatic N) is 1. The molecule has 2 heterocycles. The highest BCUT2D eigenvalue weighted by Gasteiger charge is 2.47. The van der Waals surface area contributed by atoms with Crippen molar-refractivity contribution in [2.75, 3.05) is 26.3 Å². The Morgan fingerprint density at radius 1 is 1.35 bits per heavy atom. The average molecular weight is 295 g/mol. The minimum atomic E-state index is 0.175. The predicted octanol–water partition coefficient (Wildman–Crippen LogP) is 2.21. The van der Waals surface area contributed by atoms with E-state index in [-0.39, 0.29) is 11.6 Å². The van der Waals surface area contributed by atoms with E-state index in [4.69, 9.17) is 10.6 Å². The molecule has 0 amide bonds. The standard InChI is InChI=1S/C15H25N3OS/c1-12-4-11-20-13(12)14(17-16)15(5-2-3-6-15)18-7-9-19-10-8-18/h4,11,14,17H,2-3,5-10,16H2,1H3. The molecule has 112 valence electrons. The molecule has 1 aliphatic carbocycles. The van der Waals surface area contributed by atoms with Crippen molar-refractivity contribution in [3.63, 3.8) is 0 Å². The second-order valence-corrected chi connectivity index (χ2v) is 6.93. The Balaban J connectivity index is 1.93. The van der Waals surface area contributed by atoms with Crippen LogP contribution in [0.4, 0.5) is 0 Å². The molecule has 20 heavy (non-hydrogen) atoms. The molecule has 0 spiro atoms. The largest absolute Gasteiger partial charge is 0.379 e. The SMILES string of the molecule is Cc1ccsc1C(NN)C1(N2CCOCC2)CCCC1. The number of morpholine rings is 1. The van der Waals surface area contributed by atoms with E-state index in [1.165, 1.54) is 36.1 Å². The summed E-state index contributed by atoms with van der Waals surface area (Å²) < 4.78 is 5.54. The van der Waals surface area contributed by atoms with Crippen LogP contribution in [0.15, 0.2) is 11.4 Å². The van der Waals surface area contributed by atoms with Crippen molar-refractivity contribution in [1.82, 2.24) is 10.3 Å². The average Bonchev–Trinajstić information content (AvgIpc) is 3.12. The summed E-state index contributed by atoms with van der Waals surface area (Å²) in [5, 5.41) is 2.18. The van der Waals surface area contributed by atoms with E-state index < -0.39 is 0 Å². The minimum absolute atomic E-state index is 0.175. The summed E-state index contributed by atoms with van der Waals surface area (Å²) in [6.07, 6.45) is 5.08. The van der Waals surface area contributed by atoms with E-state index in [9.17, 15) is 0 Å². The van der Waals surface area contributed by atoms with Gasteiger partial charge in [0.2, 0.25) is 0 Å². The minimum Gasteiger partial charge on any atom is -0.379 e. The van der Waals surface area contributed by atoms with Crippen LogP contribution in [0.3, 0.4) is 0 Å². The molecule has 1 unspecified atom stereocenters. The van der Waals surface area contributed by atoms with Gasteiger partial charge in [-0.15, -0.1) is 11.3 Å².